The van der Waals surface area contributed by atoms with Gasteiger partial charge < -0.3 is 15.2 Å². The van der Waals surface area contributed by atoms with Crippen molar-refractivity contribution in [1.29, 1.82) is 0 Å². The van der Waals surface area contributed by atoms with Crippen LogP contribution in [0.1, 0.15) is 23.3 Å². The Morgan fingerprint density at radius 3 is 2.88 bits per heavy atom. The van der Waals surface area contributed by atoms with E-state index in [9.17, 15) is 4.39 Å². The van der Waals surface area contributed by atoms with Crippen LogP contribution in [0, 0.1) is 5.82 Å². The molecule has 0 saturated heterocycles. The highest BCUT2D eigenvalue weighted by Crippen LogP contribution is 2.19. The van der Waals surface area contributed by atoms with Crippen LogP contribution in [0.3, 0.4) is 0 Å². The van der Waals surface area contributed by atoms with Gasteiger partial charge in [0, 0.05) is 43.3 Å². The summed E-state index contributed by atoms with van der Waals surface area (Å²) in [4.78, 5) is 9.51. The van der Waals surface area contributed by atoms with Gasteiger partial charge in [0.2, 0.25) is 0 Å². The number of halogens is 1. The van der Waals surface area contributed by atoms with E-state index in [1.54, 1.807) is 47.7 Å². The lowest BCUT2D eigenvalue weighted by atomic mass is 10.1. The number of guanidine groups is 1. The minimum Gasteiger partial charge on any atom is -0.356 e. The fourth-order valence-corrected chi connectivity index (χ4v) is 3.39. The van der Waals surface area contributed by atoms with Gasteiger partial charge in [-0.3, -0.25) is 4.99 Å². The number of thiophene rings is 1. The van der Waals surface area contributed by atoms with Gasteiger partial charge in [-0.15, -0.1) is 11.3 Å². The molecule has 3 rings (SSSR count). The number of imidazole rings is 1. The van der Waals surface area contributed by atoms with Crippen LogP contribution in [0.25, 0.3) is 5.69 Å². The lowest BCUT2D eigenvalue weighted by Gasteiger charge is -2.15. The zero-order valence-corrected chi connectivity index (χ0v) is 15.6. The van der Waals surface area contributed by atoms with Crippen molar-refractivity contribution in [2.45, 2.75) is 19.4 Å². The largest absolute Gasteiger partial charge is 0.356 e. The molecule has 0 saturated carbocycles. The van der Waals surface area contributed by atoms with Crippen molar-refractivity contribution in [3.05, 3.63) is 70.7 Å². The Hall–Kier alpha value is -2.67. The number of benzene rings is 1. The zero-order chi connectivity index (χ0) is 18.4. The molecule has 0 aliphatic carbocycles. The maximum atomic E-state index is 14.3. The minimum absolute atomic E-state index is 0.281. The predicted octanol–water partition coefficient (Wildman–Crippen LogP) is 3.54. The van der Waals surface area contributed by atoms with E-state index in [0.717, 1.165) is 12.1 Å². The SMILES string of the molecule is CN=C(NCc1ccc(-n2ccnc2)c(F)c1)NCC(C)c1cccs1. The fourth-order valence-electron chi connectivity index (χ4n) is 2.60. The first-order chi connectivity index (χ1) is 12.7. The highest BCUT2D eigenvalue weighted by atomic mass is 32.1. The minimum atomic E-state index is -0.281. The van der Waals surface area contributed by atoms with E-state index in [1.165, 1.54) is 10.9 Å². The number of hydrogen-bond acceptors (Lipinski definition) is 3. The zero-order valence-electron chi connectivity index (χ0n) is 14.8. The van der Waals surface area contributed by atoms with Crippen molar-refractivity contribution in [3.8, 4) is 5.69 Å². The Morgan fingerprint density at radius 2 is 2.23 bits per heavy atom. The Balaban J connectivity index is 1.54. The van der Waals surface area contributed by atoms with E-state index < -0.39 is 0 Å². The van der Waals surface area contributed by atoms with Gasteiger partial charge in [0.15, 0.2) is 5.96 Å². The molecular formula is C19H22FN5S. The average molecular weight is 371 g/mol. The van der Waals surface area contributed by atoms with Gasteiger partial charge in [-0.1, -0.05) is 19.1 Å². The standard InChI is InChI=1S/C19H22FN5S/c1-14(18-4-3-9-26-18)11-23-19(21-2)24-12-15-5-6-17(16(20)10-15)25-8-7-22-13-25/h3-10,13-14H,11-12H2,1-2H3,(H2,21,23,24). The van der Waals surface area contributed by atoms with Gasteiger partial charge in [0.25, 0.3) is 0 Å². The summed E-state index contributed by atoms with van der Waals surface area (Å²) >= 11 is 1.75. The smallest absolute Gasteiger partial charge is 0.191 e. The molecule has 1 unspecified atom stereocenters. The van der Waals surface area contributed by atoms with Crippen LogP contribution in [0.2, 0.25) is 0 Å². The normalized spacial score (nSPS) is 12.8. The molecule has 7 heteroatoms. The van der Waals surface area contributed by atoms with Crippen LogP contribution in [-0.4, -0.2) is 29.1 Å². The van der Waals surface area contributed by atoms with Crippen molar-refractivity contribution in [1.82, 2.24) is 20.2 Å². The van der Waals surface area contributed by atoms with E-state index in [0.29, 0.717) is 24.1 Å². The summed E-state index contributed by atoms with van der Waals surface area (Å²) < 4.78 is 16.0. The molecule has 2 aromatic heterocycles. The molecule has 0 aliphatic rings. The summed E-state index contributed by atoms with van der Waals surface area (Å²) in [5.41, 5.74) is 1.33. The van der Waals surface area contributed by atoms with Crippen LogP contribution < -0.4 is 10.6 Å². The second kappa shape index (κ2) is 8.62. The van der Waals surface area contributed by atoms with Crippen LogP contribution in [0.4, 0.5) is 4.39 Å². The summed E-state index contributed by atoms with van der Waals surface area (Å²) in [6.45, 7) is 3.46. The lowest BCUT2D eigenvalue weighted by molar-refractivity contribution is 0.614. The van der Waals surface area contributed by atoms with E-state index in [-0.39, 0.29) is 5.82 Å². The van der Waals surface area contributed by atoms with Crippen molar-refractivity contribution in [2.24, 2.45) is 4.99 Å². The predicted molar refractivity (Wildman–Crippen MR) is 104 cm³/mol. The molecule has 5 nitrogen and oxygen atoms in total. The van der Waals surface area contributed by atoms with Gasteiger partial charge >= 0.3 is 0 Å². The van der Waals surface area contributed by atoms with Gasteiger partial charge in [0.05, 0.1) is 12.0 Å². The summed E-state index contributed by atoms with van der Waals surface area (Å²) in [6.07, 6.45) is 4.93. The first-order valence-corrected chi connectivity index (χ1v) is 9.30. The molecular weight excluding hydrogens is 349 g/mol. The quantitative estimate of drug-likeness (QED) is 0.515. The highest BCUT2D eigenvalue weighted by Gasteiger charge is 2.09. The topological polar surface area (TPSA) is 54.2 Å². The van der Waals surface area contributed by atoms with E-state index in [1.807, 2.05) is 6.07 Å². The number of hydrogen-bond donors (Lipinski definition) is 2. The number of nitrogens with one attached hydrogen (secondary N) is 2. The van der Waals surface area contributed by atoms with Gasteiger partial charge in [-0.25, -0.2) is 9.37 Å². The molecule has 2 N–H and O–H groups in total. The van der Waals surface area contributed by atoms with Crippen LogP contribution in [-0.2, 0) is 6.54 Å². The second-order valence-corrected chi connectivity index (χ2v) is 6.96. The first-order valence-electron chi connectivity index (χ1n) is 8.42. The third kappa shape index (κ3) is 4.49. The monoisotopic (exact) mass is 371 g/mol. The fraction of sp³-hybridized carbons (Fsp3) is 0.263. The Morgan fingerprint density at radius 1 is 1.35 bits per heavy atom. The third-order valence-electron chi connectivity index (χ3n) is 4.08. The molecule has 0 bridgehead atoms. The Labute approximate surface area is 156 Å². The molecule has 136 valence electrons. The Kier molecular flexibility index (Phi) is 6.01. The molecule has 26 heavy (non-hydrogen) atoms. The molecule has 1 atom stereocenters. The molecule has 0 aliphatic heterocycles. The third-order valence-corrected chi connectivity index (χ3v) is 5.19. The highest BCUT2D eigenvalue weighted by molar-refractivity contribution is 7.10. The maximum absolute atomic E-state index is 14.3. The average Bonchev–Trinajstić information content (AvgIpc) is 3.35. The first kappa shape index (κ1) is 18.1. The van der Waals surface area contributed by atoms with E-state index >= 15 is 0 Å². The molecule has 0 radical (unpaired) electrons. The van der Waals surface area contributed by atoms with E-state index in [2.05, 4.69) is 45.0 Å². The number of aromatic nitrogens is 2. The summed E-state index contributed by atoms with van der Waals surface area (Å²) in [5, 5.41) is 8.62. The molecule has 0 amide bonds. The second-order valence-electron chi connectivity index (χ2n) is 5.98. The van der Waals surface area contributed by atoms with Gasteiger partial charge in [-0.2, -0.15) is 0 Å². The number of nitrogens with zero attached hydrogens (tertiary/aromatic N) is 3. The number of rotatable bonds is 6. The molecule has 0 spiro atoms. The van der Waals surface area contributed by atoms with Crippen molar-refractivity contribution in [2.75, 3.05) is 13.6 Å². The van der Waals surface area contributed by atoms with E-state index in [4.69, 9.17) is 0 Å². The van der Waals surface area contributed by atoms with Crippen LogP contribution >= 0.6 is 11.3 Å². The van der Waals surface area contributed by atoms with Crippen LogP contribution in [0.15, 0.2) is 59.4 Å². The maximum Gasteiger partial charge on any atom is 0.191 e. The number of aliphatic imine (C=N–C) groups is 1. The summed E-state index contributed by atoms with van der Waals surface area (Å²) in [5.74, 6) is 0.824. The van der Waals surface area contributed by atoms with Gasteiger partial charge in [0.1, 0.15) is 5.82 Å². The van der Waals surface area contributed by atoms with Crippen molar-refractivity contribution >= 4 is 17.3 Å². The summed E-state index contributed by atoms with van der Waals surface area (Å²) in [7, 11) is 1.73. The molecule has 0 fully saturated rings. The van der Waals surface area contributed by atoms with Crippen molar-refractivity contribution in [3.63, 3.8) is 0 Å². The van der Waals surface area contributed by atoms with Crippen molar-refractivity contribution < 1.29 is 4.39 Å². The van der Waals surface area contributed by atoms with Crippen LogP contribution in [0.5, 0.6) is 0 Å². The lowest BCUT2D eigenvalue weighted by Crippen LogP contribution is -2.38. The summed E-state index contributed by atoms with van der Waals surface area (Å²) in [6, 6.07) is 9.38. The molecule has 1 aromatic carbocycles. The Bertz CT molecular complexity index is 843. The molecule has 3 aromatic rings. The van der Waals surface area contributed by atoms with Gasteiger partial charge in [-0.05, 0) is 29.1 Å². The molecule has 2 heterocycles.